The van der Waals surface area contributed by atoms with Gasteiger partial charge in [-0.3, -0.25) is 9.59 Å². The standard InChI is InChI=1S/C25H32N4O5/c1-32-19-6-4-17(5-7-19)22-14-29-16-27-23(21(29)15-34-22)25(31)28-10-8-18(9-11-28)24(30)26-13-20-3-2-12-33-20/h4-7,16,18,20,22H,2-3,8-15H2,1H3,(H,26,30)/t20-,22-/m0/s1. The number of benzene rings is 1. The van der Waals surface area contributed by atoms with Crippen LogP contribution >= 0.6 is 0 Å². The number of rotatable bonds is 6. The lowest BCUT2D eigenvalue weighted by molar-refractivity contribution is -0.126. The number of likely N-dealkylation sites (tertiary alicyclic amines) is 1. The van der Waals surface area contributed by atoms with Gasteiger partial charge >= 0.3 is 0 Å². The monoisotopic (exact) mass is 468 g/mol. The Morgan fingerprint density at radius 3 is 2.65 bits per heavy atom. The molecular weight excluding hydrogens is 436 g/mol. The molecule has 9 heteroatoms. The van der Waals surface area contributed by atoms with Gasteiger partial charge in [-0.05, 0) is 43.4 Å². The van der Waals surface area contributed by atoms with E-state index in [0.29, 0.717) is 51.3 Å². The van der Waals surface area contributed by atoms with Crippen LogP contribution < -0.4 is 10.1 Å². The second kappa shape index (κ2) is 10.1. The molecule has 0 radical (unpaired) electrons. The van der Waals surface area contributed by atoms with Crippen LogP contribution in [-0.2, 0) is 27.4 Å². The van der Waals surface area contributed by atoms with Gasteiger partial charge in [-0.1, -0.05) is 12.1 Å². The smallest absolute Gasteiger partial charge is 0.274 e. The number of aromatic nitrogens is 2. The van der Waals surface area contributed by atoms with Crippen LogP contribution in [0.5, 0.6) is 5.75 Å². The van der Waals surface area contributed by atoms with Crippen molar-refractivity contribution in [3.63, 3.8) is 0 Å². The van der Waals surface area contributed by atoms with Gasteiger partial charge < -0.3 is 29.0 Å². The average molecular weight is 469 g/mol. The zero-order chi connectivity index (χ0) is 23.5. The van der Waals surface area contributed by atoms with Crippen LogP contribution in [0.1, 0.15) is 53.5 Å². The highest BCUT2D eigenvalue weighted by atomic mass is 16.5. The molecule has 4 heterocycles. The molecule has 1 aromatic heterocycles. The number of nitrogens with zero attached hydrogens (tertiary/aromatic N) is 3. The Morgan fingerprint density at radius 2 is 1.94 bits per heavy atom. The fraction of sp³-hybridized carbons (Fsp3) is 0.560. The number of nitrogens with one attached hydrogen (secondary N) is 1. The summed E-state index contributed by atoms with van der Waals surface area (Å²) in [7, 11) is 1.65. The number of ether oxygens (including phenoxy) is 3. The zero-order valence-corrected chi connectivity index (χ0v) is 19.6. The molecule has 2 aromatic rings. The summed E-state index contributed by atoms with van der Waals surface area (Å²) in [6, 6.07) is 7.84. The van der Waals surface area contributed by atoms with Crippen LogP contribution in [0.15, 0.2) is 30.6 Å². The number of piperidine rings is 1. The van der Waals surface area contributed by atoms with Crippen molar-refractivity contribution >= 4 is 11.8 Å². The fourth-order valence-electron chi connectivity index (χ4n) is 4.98. The van der Waals surface area contributed by atoms with Crippen molar-refractivity contribution in [2.24, 2.45) is 5.92 Å². The highest BCUT2D eigenvalue weighted by Gasteiger charge is 2.32. The number of methoxy groups -OCH3 is 1. The lowest BCUT2D eigenvalue weighted by Crippen LogP contribution is -2.44. The van der Waals surface area contributed by atoms with E-state index in [1.807, 2.05) is 33.7 Å². The molecule has 0 unspecified atom stereocenters. The maximum Gasteiger partial charge on any atom is 0.274 e. The third kappa shape index (κ3) is 4.81. The van der Waals surface area contributed by atoms with E-state index in [9.17, 15) is 9.59 Å². The van der Waals surface area contributed by atoms with Crippen molar-refractivity contribution in [1.82, 2.24) is 19.8 Å². The summed E-state index contributed by atoms with van der Waals surface area (Å²) < 4.78 is 18.9. The van der Waals surface area contributed by atoms with Crippen LogP contribution in [0.3, 0.4) is 0 Å². The van der Waals surface area contributed by atoms with Gasteiger partial charge in [0.05, 0.1) is 38.4 Å². The minimum Gasteiger partial charge on any atom is -0.497 e. The van der Waals surface area contributed by atoms with E-state index in [0.717, 1.165) is 36.5 Å². The first-order valence-corrected chi connectivity index (χ1v) is 12.1. The second-order valence-electron chi connectivity index (χ2n) is 9.21. The molecule has 2 amide bonds. The molecule has 182 valence electrons. The Kier molecular flexibility index (Phi) is 6.82. The fourth-order valence-corrected chi connectivity index (χ4v) is 4.98. The van der Waals surface area contributed by atoms with Crippen LogP contribution in [-0.4, -0.2) is 65.7 Å². The molecule has 0 spiro atoms. The number of amides is 2. The summed E-state index contributed by atoms with van der Waals surface area (Å²) in [6.45, 7) is 3.41. The molecule has 3 aliphatic heterocycles. The third-order valence-electron chi connectivity index (χ3n) is 7.10. The molecule has 2 atom stereocenters. The van der Waals surface area contributed by atoms with Gasteiger partial charge in [0.15, 0.2) is 5.69 Å². The molecular formula is C25H32N4O5. The summed E-state index contributed by atoms with van der Waals surface area (Å²) >= 11 is 0. The van der Waals surface area contributed by atoms with Crippen LogP contribution in [0.4, 0.5) is 0 Å². The van der Waals surface area contributed by atoms with Crippen molar-refractivity contribution in [2.45, 2.75) is 51.0 Å². The summed E-state index contributed by atoms with van der Waals surface area (Å²) in [5, 5.41) is 3.02. The van der Waals surface area contributed by atoms with Gasteiger partial charge in [0.1, 0.15) is 11.9 Å². The Labute approximate surface area is 199 Å². The van der Waals surface area contributed by atoms with Crippen LogP contribution in [0, 0.1) is 5.92 Å². The summed E-state index contributed by atoms with van der Waals surface area (Å²) in [5.41, 5.74) is 2.33. The predicted octanol–water partition coefficient (Wildman–Crippen LogP) is 2.31. The topological polar surface area (TPSA) is 94.9 Å². The Hall–Kier alpha value is -2.91. The molecule has 0 saturated carbocycles. The molecule has 2 fully saturated rings. The van der Waals surface area contributed by atoms with Crippen molar-refractivity contribution in [2.75, 3.05) is 33.4 Å². The molecule has 1 N–H and O–H groups in total. The van der Waals surface area contributed by atoms with Crippen molar-refractivity contribution < 1.29 is 23.8 Å². The molecule has 5 rings (SSSR count). The SMILES string of the molecule is COc1ccc([C@@H]2Cn3cnc(C(=O)N4CCC(C(=O)NC[C@@H]5CCCO5)CC4)c3CO2)cc1. The molecule has 1 aromatic carbocycles. The number of carbonyl (C=O) groups is 2. The Morgan fingerprint density at radius 1 is 1.15 bits per heavy atom. The lowest BCUT2D eigenvalue weighted by atomic mass is 9.95. The van der Waals surface area contributed by atoms with E-state index in [-0.39, 0.29) is 29.9 Å². The quantitative estimate of drug-likeness (QED) is 0.699. The summed E-state index contributed by atoms with van der Waals surface area (Å²) in [6.07, 6.45) is 5.17. The first-order chi connectivity index (χ1) is 16.6. The predicted molar refractivity (Wildman–Crippen MR) is 123 cm³/mol. The average Bonchev–Trinajstić information content (AvgIpc) is 3.56. The number of fused-ring (bicyclic) bond motifs is 1. The number of imidazole rings is 1. The van der Waals surface area contributed by atoms with Crippen LogP contribution in [0.2, 0.25) is 0 Å². The van der Waals surface area contributed by atoms with E-state index in [1.54, 1.807) is 13.4 Å². The van der Waals surface area contributed by atoms with E-state index in [2.05, 4.69) is 10.3 Å². The lowest BCUT2D eigenvalue weighted by Gasteiger charge is -2.32. The Bertz CT molecular complexity index is 1010. The highest BCUT2D eigenvalue weighted by molar-refractivity contribution is 5.93. The molecule has 0 aliphatic carbocycles. The largest absolute Gasteiger partial charge is 0.497 e. The summed E-state index contributed by atoms with van der Waals surface area (Å²) in [5.74, 6) is 0.730. The van der Waals surface area contributed by atoms with Gasteiger partial charge in [0, 0.05) is 32.2 Å². The van der Waals surface area contributed by atoms with Crippen LogP contribution in [0.25, 0.3) is 0 Å². The molecule has 0 bridgehead atoms. The maximum atomic E-state index is 13.2. The molecule has 2 saturated heterocycles. The number of carbonyl (C=O) groups excluding carboxylic acids is 2. The highest BCUT2D eigenvalue weighted by Crippen LogP contribution is 2.30. The number of hydrogen-bond donors (Lipinski definition) is 1. The van der Waals surface area contributed by atoms with Crippen molar-refractivity contribution in [3.8, 4) is 5.75 Å². The van der Waals surface area contributed by atoms with E-state index in [4.69, 9.17) is 14.2 Å². The van der Waals surface area contributed by atoms with E-state index >= 15 is 0 Å². The van der Waals surface area contributed by atoms with Gasteiger partial charge in [-0.2, -0.15) is 0 Å². The van der Waals surface area contributed by atoms with Crippen molar-refractivity contribution in [3.05, 3.63) is 47.5 Å². The van der Waals surface area contributed by atoms with Gasteiger partial charge in [0.2, 0.25) is 5.91 Å². The molecule has 3 aliphatic rings. The summed E-state index contributed by atoms with van der Waals surface area (Å²) in [4.78, 5) is 32.0. The minimum absolute atomic E-state index is 0.0602. The van der Waals surface area contributed by atoms with Gasteiger partial charge in [-0.25, -0.2) is 4.98 Å². The van der Waals surface area contributed by atoms with Gasteiger partial charge in [-0.15, -0.1) is 0 Å². The van der Waals surface area contributed by atoms with Crippen molar-refractivity contribution in [1.29, 1.82) is 0 Å². The Balaban J connectivity index is 1.15. The van der Waals surface area contributed by atoms with E-state index < -0.39 is 0 Å². The molecule has 34 heavy (non-hydrogen) atoms. The number of hydrogen-bond acceptors (Lipinski definition) is 6. The van der Waals surface area contributed by atoms with E-state index in [1.165, 1.54) is 0 Å². The first kappa shape index (κ1) is 22.9. The van der Waals surface area contributed by atoms with Gasteiger partial charge in [0.25, 0.3) is 5.91 Å². The maximum absolute atomic E-state index is 13.2. The third-order valence-corrected chi connectivity index (χ3v) is 7.10. The second-order valence-corrected chi connectivity index (χ2v) is 9.21. The molecule has 9 nitrogen and oxygen atoms in total. The normalized spacial score (nSPS) is 22.9. The first-order valence-electron chi connectivity index (χ1n) is 12.1. The minimum atomic E-state index is -0.0977. The zero-order valence-electron chi connectivity index (χ0n) is 19.6.